The number of halogens is 1. The number of hydrogen-bond acceptors (Lipinski definition) is 4. The third-order valence-corrected chi connectivity index (χ3v) is 4.05. The van der Waals surface area contributed by atoms with Gasteiger partial charge in [0, 0.05) is 6.08 Å². The molecule has 1 aromatic heterocycles. The lowest BCUT2D eigenvalue weighted by atomic mass is 10.2. The Hall–Kier alpha value is -2.47. The zero-order valence-electron chi connectivity index (χ0n) is 12.8. The molecule has 2 rings (SSSR count). The van der Waals surface area contributed by atoms with Crippen LogP contribution in [-0.2, 0) is 9.53 Å². The first-order valence-electron chi connectivity index (χ1n) is 7.01. The fraction of sp³-hybridized carbons (Fsp3) is 0.176. The number of carbonyl (C=O) groups excluding carboxylic acids is 2. The number of amides is 1. The molecule has 0 saturated heterocycles. The molecule has 0 atom stereocenters. The van der Waals surface area contributed by atoms with Crippen LogP contribution < -0.4 is 5.32 Å². The fourth-order valence-electron chi connectivity index (χ4n) is 1.85. The summed E-state index contributed by atoms with van der Waals surface area (Å²) in [7, 11) is 0. The second-order valence-electron chi connectivity index (χ2n) is 4.72. The number of carbonyl (C=O) groups is 2. The molecular weight excluding hydrogens is 317 g/mol. The van der Waals surface area contributed by atoms with E-state index in [9.17, 15) is 14.0 Å². The lowest BCUT2D eigenvalue weighted by Crippen LogP contribution is -2.06. The van der Waals surface area contributed by atoms with Crippen molar-refractivity contribution in [3.05, 3.63) is 58.2 Å². The molecule has 0 aliphatic rings. The Labute approximate surface area is 137 Å². The third kappa shape index (κ3) is 4.75. The van der Waals surface area contributed by atoms with Crippen LogP contribution in [0, 0.1) is 12.7 Å². The van der Waals surface area contributed by atoms with Crippen molar-refractivity contribution in [2.24, 2.45) is 0 Å². The van der Waals surface area contributed by atoms with Crippen molar-refractivity contribution in [1.29, 1.82) is 0 Å². The lowest BCUT2D eigenvalue weighted by Gasteiger charge is -1.99. The van der Waals surface area contributed by atoms with Crippen LogP contribution in [0.1, 0.15) is 27.7 Å². The Morgan fingerprint density at radius 1 is 1.30 bits per heavy atom. The molecular formula is C17H16FNO3S. The molecule has 2 aromatic rings. The van der Waals surface area contributed by atoms with Crippen LogP contribution in [0.15, 0.2) is 36.4 Å². The van der Waals surface area contributed by atoms with E-state index in [0.29, 0.717) is 16.5 Å². The summed E-state index contributed by atoms with van der Waals surface area (Å²) < 4.78 is 17.7. The molecule has 4 nitrogen and oxygen atoms in total. The molecule has 0 radical (unpaired) electrons. The van der Waals surface area contributed by atoms with Gasteiger partial charge in [0.2, 0.25) is 5.91 Å². The second-order valence-corrected chi connectivity index (χ2v) is 5.77. The van der Waals surface area contributed by atoms with Crippen molar-refractivity contribution >= 4 is 34.3 Å². The molecule has 0 bridgehead atoms. The van der Waals surface area contributed by atoms with E-state index in [1.807, 2.05) is 0 Å². The van der Waals surface area contributed by atoms with Crippen molar-refractivity contribution in [1.82, 2.24) is 0 Å². The molecule has 1 amide bonds. The van der Waals surface area contributed by atoms with Gasteiger partial charge in [-0.2, -0.15) is 0 Å². The van der Waals surface area contributed by atoms with Gasteiger partial charge in [-0.15, -0.1) is 11.3 Å². The number of aryl methyl sites for hydroxylation is 1. The Balaban J connectivity index is 2.01. The maximum Gasteiger partial charge on any atom is 0.348 e. The quantitative estimate of drug-likeness (QED) is 0.664. The molecule has 0 fully saturated rings. The number of rotatable bonds is 5. The van der Waals surface area contributed by atoms with E-state index >= 15 is 0 Å². The average molecular weight is 333 g/mol. The van der Waals surface area contributed by atoms with Crippen molar-refractivity contribution in [3.63, 3.8) is 0 Å². The number of benzene rings is 1. The number of esters is 1. The summed E-state index contributed by atoms with van der Waals surface area (Å²) in [5, 5.41) is 3.26. The van der Waals surface area contributed by atoms with Crippen LogP contribution in [0.3, 0.4) is 0 Å². The summed E-state index contributed by atoms with van der Waals surface area (Å²) in [5.74, 6) is -1.05. The van der Waals surface area contributed by atoms with E-state index < -0.39 is 5.97 Å². The zero-order chi connectivity index (χ0) is 16.8. The number of anilines is 1. The summed E-state index contributed by atoms with van der Waals surface area (Å²) in [6.45, 7) is 3.83. The van der Waals surface area contributed by atoms with Crippen LogP contribution >= 0.6 is 11.3 Å². The largest absolute Gasteiger partial charge is 0.462 e. The molecule has 1 aromatic carbocycles. The van der Waals surface area contributed by atoms with Gasteiger partial charge in [-0.1, -0.05) is 12.1 Å². The highest BCUT2D eigenvalue weighted by Gasteiger charge is 2.15. The predicted molar refractivity (Wildman–Crippen MR) is 89.1 cm³/mol. The molecule has 0 spiro atoms. The minimum absolute atomic E-state index is 0.304. The molecule has 1 heterocycles. The van der Waals surface area contributed by atoms with Crippen molar-refractivity contribution in [3.8, 4) is 0 Å². The first-order chi connectivity index (χ1) is 11.0. The van der Waals surface area contributed by atoms with Crippen molar-refractivity contribution in [2.45, 2.75) is 13.8 Å². The summed E-state index contributed by atoms with van der Waals surface area (Å²) in [5.41, 5.74) is 1.47. The maximum absolute atomic E-state index is 12.8. The van der Waals surface area contributed by atoms with E-state index in [1.165, 1.54) is 29.5 Å². The average Bonchev–Trinajstić information content (AvgIpc) is 2.87. The van der Waals surface area contributed by atoms with Gasteiger partial charge in [-0.25, -0.2) is 9.18 Å². The van der Waals surface area contributed by atoms with E-state index in [0.717, 1.165) is 11.1 Å². The van der Waals surface area contributed by atoms with Gasteiger partial charge in [0.05, 0.1) is 11.6 Å². The summed E-state index contributed by atoms with van der Waals surface area (Å²) in [6.07, 6.45) is 2.94. The van der Waals surface area contributed by atoms with Crippen LogP contribution in [0.4, 0.5) is 9.39 Å². The van der Waals surface area contributed by atoms with Crippen LogP contribution in [-0.4, -0.2) is 18.5 Å². The van der Waals surface area contributed by atoms with E-state index in [1.54, 1.807) is 38.1 Å². The number of hydrogen-bond donors (Lipinski definition) is 1. The molecule has 0 unspecified atom stereocenters. The summed E-state index contributed by atoms with van der Waals surface area (Å²) in [4.78, 5) is 24.1. The molecule has 23 heavy (non-hydrogen) atoms. The Kier molecular flexibility index (Phi) is 5.65. The highest BCUT2D eigenvalue weighted by Crippen LogP contribution is 2.27. The topological polar surface area (TPSA) is 55.4 Å². The highest BCUT2D eigenvalue weighted by atomic mass is 32.1. The van der Waals surface area contributed by atoms with Crippen LogP contribution in [0.2, 0.25) is 0 Å². The summed E-state index contributed by atoms with van der Waals surface area (Å²) in [6, 6.07) is 7.53. The van der Waals surface area contributed by atoms with Crippen LogP contribution in [0.5, 0.6) is 0 Å². The lowest BCUT2D eigenvalue weighted by molar-refractivity contribution is -0.111. The molecule has 1 N–H and O–H groups in total. The molecule has 0 aliphatic carbocycles. The Bertz CT molecular complexity index is 735. The molecule has 6 heteroatoms. The minimum atomic E-state index is -0.391. The first kappa shape index (κ1) is 16.9. The maximum atomic E-state index is 12.8. The number of ether oxygens (including phenoxy) is 1. The third-order valence-electron chi connectivity index (χ3n) is 2.92. The SMILES string of the molecule is CCOC(=O)c1sc(NC(=O)C=Cc2ccc(F)cc2)cc1C. The predicted octanol–water partition coefficient (Wildman–Crippen LogP) is 4.02. The molecule has 120 valence electrons. The number of thiophene rings is 1. The van der Waals surface area contributed by atoms with Gasteiger partial charge in [0.25, 0.3) is 0 Å². The smallest absolute Gasteiger partial charge is 0.348 e. The van der Waals surface area contributed by atoms with Gasteiger partial charge in [-0.3, -0.25) is 4.79 Å². The van der Waals surface area contributed by atoms with Gasteiger partial charge in [-0.05, 0) is 49.2 Å². The van der Waals surface area contributed by atoms with E-state index in [4.69, 9.17) is 4.74 Å². The van der Waals surface area contributed by atoms with Gasteiger partial charge < -0.3 is 10.1 Å². The standard InChI is InChI=1S/C17H16FNO3S/c1-3-22-17(21)16-11(2)10-15(23-16)19-14(20)9-6-12-4-7-13(18)8-5-12/h4-10H,3H2,1-2H3,(H,19,20). The van der Waals surface area contributed by atoms with Gasteiger partial charge in [0.1, 0.15) is 10.7 Å². The summed E-state index contributed by atoms with van der Waals surface area (Å²) >= 11 is 1.17. The normalized spacial score (nSPS) is 10.7. The van der Waals surface area contributed by atoms with E-state index in [2.05, 4.69) is 5.32 Å². The van der Waals surface area contributed by atoms with Gasteiger partial charge in [0.15, 0.2) is 0 Å². The van der Waals surface area contributed by atoms with Crippen LogP contribution in [0.25, 0.3) is 6.08 Å². The minimum Gasteiger partial charge on any atom is -0.462 e. The van der Waals surface area contributed by atoms with Crippen molar-refractivity contribution in [2.75, 3.05) is 11.9 Å². The first-order valence-corrected chi connectivity index (χ1v) is 7.83. The second kappa shape index (κ2) is 7.69. The van der Waals surface area contributed by atoms with Crippen molar-refractivity contribution < 1.29 is 18.7 Å². The number of nitrogens with one attached hydrogen (secondary N) is 1. The Morgan fingerprint density at radius 3 is 2.65 bits per heavy atom. The zero-order valence-corrected chi connectivity index (χ0v) is 13.6. The van der Waals surface area contributed by atoms with E-state index in [-0.39, 0.29) is 11.7 Å². The monoisotopic (exact) mass is 333 g/mol. The molecule has 0 aliphatic heterocycles. The molecule has 0 saturated carbocycles. The fourth-order valence-corrected chi connectivity index (χ4v) is 2.82. The highest BCUT2D eigenvalue weighted by molar-refractivity contribution is 7.18. The Morgan fingerprint density at radius 2 is 2.00 bits per heavy atom. The van der Waals surface area contributed by atoms with Gasteiger partial charge >= 0.3 is 5.97 Å².